The fourth-order valence-electron chi connectivity index (χ4n) is 3.32. The molecule has 5 heteroatoms. The van der Waals surface area contributed by atoms with Crippen LogP contribution >= 0.6 is 0 Å². The zero-order valence-corrected chi connectivity index (χ0v) is 16.1. The summed E-state index contributed by atoms with van der Waals surface area (Å²) in [5.74, 6) is 1.73. The summed E-state index contributed by atoms with van der Waals surface area (Å²) in [6, 6.07) is 27.1. The molecular formula is C24H23N3O2. The number of aromatic nitrogens is 2. The zero-order valence-electron chi connectivity index (χ0n) is 16.1. The van der Waals surface area contributed by atoms with E-state index in [1.54, 1.807) is 0 Å². The average Bonchev–Trinajstić information content (AvgIpc) is 3.12. The van der Waals surface area contributed by atoms with Crippen LogP contribution in [0, 0.1) is 0 Å². The number of rotatable bonds is 8. The molecule has 0 aliphatic carbocycles. The number of ether oxygens (including phenoxy) is 1. The predicted octanol–water partition coefficient (Wildman–Crippen LogP) is 4.09. The van der Waals surface area contributed by atoms with Crippen molar-refractivity contribution < 1.29 is 9.53 Å². The molecule has 0 unspecified atom stereocenters. The third kappa shape index (κ3) is 4.63. The second-order valence-electron chi connectivity index (χ2n) is 6.70. The molecule has 1 aromatic heterocycles. The molecule has 0 fully saturated rings. The Morgan fingerprint density at radius 1 is 0.897 bits per heavy atom. The number of hydrogen-bond donors (Lipinski definition) is 1. The van der Waals surface area contributed by atoms with E-state index in [-0.39, 0.29) is 5.91 Å². The second-order valence-corrected chi connectivity index (χ2v) is 6.70. The molecule has 5 nitrogen and oxygen atoms in total. The van der Waals surface area contributed by atoms with E-state index in [0.29, 0.717) is 31.7 Å². The lowest BCUT2D eigenvalue weighted by Gasteiger charge is -2.11. The van der Waals surface area contributed by atoms with Crippen LogP contribution in [0.5, 0.6) is 5.75 Å². The largest absolute Gasteiger partial charge is 0.492 e. The fraction of sp³-hybridized carbons (Fsp3) is 0.167. The summed E-state index contributed by atoms with van der Waals surface area (Å²) in [6.07, 6.45) is 0.651. The van der Waals surface area contributed by atoms with Gasteiger partial charge in [0.25, 0.3) is 5.91 Å². The molecule has 0 saturated heterocycles. The summed E-state index contributed by atoms with van der Waals surface area (Å²) in [5.41, 5.74) is 2.70. The third-order valence-electron chi connectivity index (χ3n) is 4.73. The first-order valence-electron chi connectivity index (χ1n) is 9.76. The van der Waals surface area contributed by atoms with Gasteiger partial charge in [-0.05, 0) is 36.4 Å². The van der Waals surface area contributed by atoms with Crippen molar-refractivity contribution in [2.24, 2.45) is 0 Å². The SMILES string of the molecule is O=C(NCCc1nc2ccccc2n1CCOc1ccccc1)c1ccccc1. The molecular weight excluding hydrogens is 362 g/mol. The first-order chi connectivity index (χ1) is 14.3. The van der Waals surface area contributed by atoms with E-state index in [1.165, 1.54) is 0 Å². The van der Waals surface area contributed by atoms with Crippen LogP contribution in [0.2, 0.25) is 0 Å². The summed E-state index contributed by atoms with van der Waals surface area (Å²) >= 11 is 0. The lowest BCUT2D eigenvalue weighted by atomic mass is 10.2. The van der Waals surface area contributed by atoms with Crippen LogP contribution in [0.1, 0.15) is 16.2 Å². The van der Waals surface area contributed by atoms with Crippen LogP contribution in [-0.4, -0.2) is 28.6 Å². The van der Waals surface area contributed by atoms with Crippen molar-refractivity contribution in [1.29, 1.82) is 0 Å². The van der Waals surface area contributed by atoms with Gasteiger partial charge >= 0.3 is 0 Å². The van der Waals surface area contributed by atoms with E-state index in [2.05, 4.69) is 16.0 Å². The van der Waals surface area contributed by atoms with Gasteiger partial charge in [0.2, 0.25) is 0 Å². The maximum Gasteiger partial charge on any atom is 0.251 e. The van der Waals surface area contributed by atoms with Crippen molar-refractivity contribution in [2.75, 3.05) is 13.2 Å². The first-order valence-corrected chi connectivity index (χ1v) is 9.76. The number of imidazole rings is 1. The van der Waals surface area contributed by atoms with Gasteiger partial charge < -0.3 is 14.6 Å². The molecule has 4 aromatic rings. The maximum atomic E-state index is 12.3. The van der Waals surface area contributed by atoms with E-state index in [0.717, 1.165) is 22.6 Å². The zero-order chi connectivity index (χ0) is 19.9. The average molecular weight is 385 g/mol. The van der Waals surface area contributed by atoms with Crippen LogP contribution in [0.25, 0.3) is 11.0 Å². The highest BCUT2D eigenvalue weighted by Gasteiger charge is 2.11. The van der Waals surface area contributed by atoms with Crippen molar-refractivity contribution in [3.63, 3.8) is 0 Å². The second kappa shape index (κ2) is 9.06. The van der Waals surface area contributed by atoms with Gasteiger partial charge in [-0.15, -0.1) is 0 Å². The van der Waals surface area contributed by atoms with Gasteiger partial charge in [-0.1, -0.05) is 48.5 Å². The molecule has 0 bridgehead atoms. The molecule has 1 N–H and O–H groups in total. The molecule has 4 rings (SSSR count). The highest BCUT2D eigenvalue weighted by molar-refractivity contribution is 5.94. The molecule has 0 saturated carbocycles. The van der Waals surface area contributed by atoms with Gasteiger partial charge in [-0.25, -0.2) is 4.98 Å². The van der Waals surface area contributed by atoms with Gasteiger partial charge in [-0.3, -0.25) is 4.79 Å². The number of amides is 1. The summed E-state index contributed by atoms with van der Waals surface area (Å²) in [6.45, 7) is 1.77. The lowest BCUT2D eigenvalue weighted by Crippen LogP contribution is -2.26. The Morgan fingerprint density at radius 2 is 1.59 bits per heavy atom. The number of benzene rings is 3. The molecule has 0 atom stereocenters. The van der Waals surface area contributed by atoms with E-state index < -0.39 is 0 Å². The predicted molar refractivity (Wildman–Crippen MR) is 114 cm³/mol. The monoisotopic (exact) mass is 385 g/mol. The Balaban J connectivity index is 1.42. The van der Waals surface area contributed by atoms with Crippen LogP contribution in [0.3, 0.4) is 0 Å². The van der Waals surface area contributed by atoms with Crippen molar-refractivity contribution in [1.82, 2.24) is 14.9 Å². The molecule has 1 heterocycles. The minimum atomic E-state index is -0.0688. The Kier molecular flexibility index (Phi) is 5.86. The van der Waals surface area contributed by atoms with E-state index in [1.807, 2.05) is 78.9 Å². The highest BCUT2D eigenvalue weighted by Crippen LogP contribution is 2.17. The Labute approximate surface area is 170 Å². The molecule has 1 amide bonds. The third-order valence-corrected chi connectivity index (χ3v) is 4.73. The Hall–Kier alpha value is -3.60. The Bertz CT molecular complexity index is 1080. The lowest BCUT2D eigenvalue weighted by molar-refractivity contribution is 0.0954. The van der Waals surface area contributed by atoms with Gasteiger partial charge in [0, 0.05) is 18.5 Å². The number of nitrogens with zero attached hydrogens (tertiary/aromatic N) is 2. The minimum absolute atomic E-state index is 0.0688. The molecule has 0 aliphatic heterocycles. The maximum absolute atomic E-state index is 12.3. The van der Waals surface area contributed by atoms with Crippen molar-refractivity contribution in [3.05, 3.63) is 96.3 Å². The van der Waals surface area contributed by atoms with Crippen molar-refractivity contribution in [3.8, 4) is 5.75 Å². The van der Waals surface area contributed by atoms with Crippen LogP contribution < -0.4 is 10.1 Å². The van der Waals surface area contributed by atoms with Gasteiger partial charge in [0.1, 0.15) is 18.2 Å². The van der Waals surface area contributed by atoms with Crippen LogP contribution in [0.15, 0.2) is 84.9 Å². The summed E-state index contributed by atoms with van der Waals surface area (Å²) in [4.78, 5) is 17.0. The smallest absolute Gasteiger partial charge is 0.251 e. The van der Waals surface area contributed by atoms with E-state index >= 15 is 0 Å². The molecule has 29 heavy (non-hydrogen) atoms. The number of nitrogens with one attached hydrogen (secondary N) is 1. The first kappa shape index (κ1) is 18.7. The highest BCUT2D eigenvalue weighted by atomic mass is 16.5. The number of para-hydroxylation sites is 3. The van der Waals surface area contributed by atoms with Gasteiger partial charge in [0.15, 0.2) is 0 Å². The van der Waals surface area contributed by atoms with Gasteiger partial charge in [0.05, 0.1) is 17.6 Å². The van der Waals surface area contributed by atoms with Crippen molar-refractivity contribution in [2.45, 2.75) is 13.0 Å². The molecule has 3 aromatic carbocycles. The van der Waals surface area contributed by atoms with Crippen LogP contribution in [0.4, 0.5) is 0 Å². The standard InChI is InChI=1S/C24H23N3O2/c28-24(19-9-3-1-4-10-19)25-16-15-23-26-21-13-7-8-14-22(21)27(23)17-18-29-20-11-5-2-6-12-20/h1-14H,15-18H2,(H,25,28). The molecule has 0 aliphatic rings. The number of carbonyl (C=O) groups excluding carboxylic acids is 1. The van der Waals surface area contributed by atoms with Crippen LogP contribution in [-0.2, 0) is 13.0 Å². The summed E-state index contributed by atoms with van der Waals surface area (Å²) < 4.78 is 8.04. The Morgan fingerprint density at radius 3 is 2.38 bits per heavy atom. The topological polar surface area (TPSA) is 56.2 Å². The van der Waals surface area contributed by atoms with E-state index in [4.69, 9.17) is 9.72 Å². The number of fused-ring (bicyclic) bond motifs is 1. The molecule has 146 valence electrons. The normalized spacial score (nSPS) is 10.8. The fourth-order valence-corrected chi connectivity index (χ4v) is 3.32. The molecule has 0 radical (unpaired) electrons. The quantitative estimate of drug-likeness (QED) is 0.497. The molecule has 0 spiro atoms. The number of hydrogen-bond acceptors (Lipinski definition) is 3. The summed E-state index contributed by atoms with van der Waals surface area (Å²) in [5, 5.41) is 2.98. The van der Waals surface area contributed by atoms with Gasteiger partial charge in [-0.2, -0.15) is 0 Å². The number of carbonyl (C=O) groups is 1. The van der Waals surface area contributed by atoms with Crippen molar-refractivity contribution >= 4 is 16.9 Å². The summed E-state index contributed by atoms with van der Waals surface area (Å²) in [7, 11) is 0. The minimum Gasteiger partial charge on any atom is -0.492 e. The van der Waals surface area contributed by atoms with E-state index in [9.17, 15) is 4.79 Å².